The first-order chi connectivity index (χ1) is 10.4. The molecule has 1 aromatic rings. The van der Waals surface area contributed by atoms with Crippen molar-refractivity contribution in [2.24, 2.45) is 5.92 Å². The lowest BCUT2D eigenvalue weighted by molar-refractivity contribution is -0.134. The van der Waals surface area contributed by atoms with Crippen LogP contribution in [0, 0.1) is 5.92 Å². The predicted molar refractivity (Wildman–Crippen MR) is 88.9 cm³/mol. The maximum Gasteiger partial charge on any atom is 0.239 e. The van der Waals surface area contributed by atoms with E-state index in [9.17, 15) is 9.90 Å². The molecule has 0 saturated carbocycles. The molecule has 1 aromatic carbocycles. The lowest BCUT2D eigenvalue weighted by Gasteiger charge is -2.37. The second-order valence-corrected chi connectivity index (χ2v) is 6.71. The summed E-state index contributed by atoms with van der Waals surface area (Å²) in [4.78, 5) is 15.9. The summed E-state index contributed by atoms with van der Waals surface area (Å²) >= 11 is 5.89. The summed E-state index contributed by atoms with van der Waals surface area (Å²) in [7, 11) is 3.58. The van der Waals surface area contributed by atoms with E-state index in [2.05, 4.69) is 4.90 Å². The van der Waals surface area contributed by atoms with Crippen LogP contribution >= 0.6 is 11.6 Å². The number of hydrogen-bond donors (Lipinski definition) is 1. The van der Waals surface area contributed by atoms with Crippen molar-refractivity contribution in [1.29, 1.82) is 0 Å². The number of benzene rings is 1. The van der Waals surface area contributed by atoms with Gasteiger partial charge < -0.3 is 10.0 Å². The summed E-state index contributed by atoms with van der Waals surface area (Å²) in [5.41, 5.74) is 0.917. The van der Waals surface area contributed by atoms with Gasteiger partial charge in [0.25, 0.3) is 0 Å². The monoisotopic (exact) mass is 324 g/mol. The van der Waals surface area contributed by atoms with Gasteiger partial charge in [-0.05, 0) is 56.5 Å². The van der Waals surface area contributed by atoms with Crippen LogP contribution in [-0.2, 0) is 4.79 Å². The molecule has 1 N–H and O–H groups in total. The first-order valence-corrected chi connectivity index (χ1v) is 8.16. The van der Waals surface area contributed by atoms with E-state index >= 15 is 0 Å². The topological polar surface area (TPSA) is 43.8 Å². The Morgan fingerprint density at radius 3 is 2.32 bits per heavy atom. The van der Waals surface area contributed by atoms with E-state index in [1.165, 1.54) is 0 Å². The van der Waals surface area contributed by atoms with Gasteiger partial charge in [-0.2, -0.15) is 0 Å². The molecule has 1 heterocycles. The Balaban J connectivity index is 1.91. The van der Waals surface area contributed by atoms with Crippen LogP contribution in [0.4, 0.5) is 0 Å². The summed E-state index contributed by atoms with van der Waals surface area (Å²) in [6.45, 7) is 3.64. The molecule has 0 aromatic heterocycles. The molecule has 1 saturated heterocycles. The zero-order chi connectivity index (χ0) is 16.3. The fourth-order valence-corrected chi connectivity index (χ4v) is 3.21. The first-order valence-electron chi connectivity index (χ1n) is 7.79. The number of piperidine rings is 1. The number of aliphatic hydroxyl groups excluding tert-OH is 1. The summed E-state index contributed by atoms with van der Waals surface area (Å²) in [6, 6.07) is 7.30. The number of carbonyl (C=O) groups is 1. The van der Waals surface area contributed by atoms with Crippen LogP contribution in [0.15, 0.2) is 24.3 Å². The number of aliphatic hydroxyl groups is 1. The van der Waals surface area contributed by atoms with Gasteiger partial charge in [0.2, 0.25) is 5.91 Å². The maximum atomic E-state index is 12.0. The Kier molecular flexibility index (Phi) is 5.84. The highest BCUT2D eigenvalue weighted by Crippen LogP contribution is 2.31. The summed E-state index contributed by atoms with van der Waals surface area (Å²) in [5, 5.41) is 11.2. The molecule has 5 heteroatoms. The highest BCUT2D eigenvalue weighted by atomic mass is 35.5. The minimum Gasteiger partial charge on any atom is -0.388 e. The van der Waals surface area contributed by atoms with E-state index in [1.807, 2.05) is 31.2 Å². The largest absolute Gasteiger partial charge is 0.388 e. The van der Waals surface area contributed by atoms with Gasteiger partial charge in [-0.25, -0.2) is 0 Å². The van der Waals surface area contributed by atoms with Gasteiger partial charge in [0.05, 0.1) is 12.1 Å². The Morgan fingerprint density at radius 2 is 1.82 bits per heavy atom. The molecular formula is C17H25ClN2O2. The predicted octanol–water partition coefficient (Wildman–Crippen LogP) is 2.56. The quantitative estimate of drug-likeness (QED) is 0.925. The number of halogens is 1. The molecule has 22 heavy (non-hydrogen) atoms. The van der Waals surface area contributed by atoms with Crippen molar-refractivity contribution in [3.8, 4) is 0 Å². The van der Waals surface area contributed by atoms with Crippen molar-refractivity contribution in [2.75, 3.05) is 27.2 Å². The van der Waals surface area contributed by atoms with Crippen molar-refractivity contribution >= 4 is 17.5 Å². The molecule has 2 rings (SSSR count). The fraction of sp³-hybridized carbons (Fsp3) is 0.588. The molecule has 2 atom stereocenters. The number of amides is 1. The van der Waals surface area contributed by atoms with Crippen molar-refractivity contribution in [2.45, 2.75) is 31.9 Å². The SMILES string of the molecule is CC(C(=O)N(C)C)N1CCC(C(O)c2ccc(Cl)cc2)CC1. The lowest BCUT2D eigenvalue weighted by Crippen LogP contribution is -2.48. The average molecular weight is 325 g/mol. The van der Waals surface area contributed by atoms with Crippen molar-refractivity contribution in [3.63, 3.8) is 0 Å². The average Bonchev–Trinajstić information content (AvgIpc) is 2.53. The first kappa shape index (κ1) is 17.3. The van der Waals surface area contributed by atoms with Crippen molar-refractivity contribution in [1.82, 2.24) is 9.80 Å². The zero-order valence-electron chi connectivity index (χ0n) is 13.5. The van der Waals surface area contributed by atoms with E-state index in [1.54, 1.807) is 19.0 Å². The van der Waals surface area contributed by atoms with Gasteiger partial charge in [-0.15, -0.1) is 0 Å². The third kappa shape index (κ3) is 4.00. The molecule has 1 fully saturated rings. The van der Waals surface area contributed by atoms with Gasteiger partial charge in [-0.1, -0.05) is 23.7 Å². The van der Waals surface area contributed by atoms with Gasteiger partial charge in [0, 0.05) is 19.1 Å². The Labute approximate surface area is 137 Å². The molecule has 122 valence electrons. The van der Waals surface area contributed by atoms with Gasteiger partial charge in [-0.3, -0.25) is 9.69 Å². The van der Waals surface area contributed by atoms with Crippen LogP contribution in [0.2, 0.25) is 5.02 Å². The van der Waals surface area contributed by atoms with Gasteiger partial charge in [0.1, 0.15) is 0 Å². The van der Waals surface area contributed by atoms with E-state index in [4.69, 9.17) is 11.6 Å². The minimum absolute atomic E-state index is 0.0939. The number of carbonyl (C=O) groups excluding carboxylic acids is 1. The van der Waals surface area contributed by atoms with Crippen LogP contribution in [-0.4, -0.2) is 54.0 Å². The number of likely N-dealkylation sites (N-methyl/N-ethyl adjacent to an activating group) is 1. The van der Waals surface area contributed by atoms with Gasteiger partial charge >= 0.3 is 0 Å². The molecule has 0 aliphatic carbocycles. The minimum atomic E-state index is -0.459. The number of nitrogens with zero attached hydrogens (tertiary/aromatic N) is 2. The van der Waals surface area contributed by atoms with Crippen LogP contribution in [0.5, 0.6) is 0 Å². The number of rotatable bonds is 4. The van der Waals surface area contributed by atoms with Crippen molar-refractivity contribution in [3.05, 3.63) is 34.9 Å². The molecule has 2 unspecified atom stereocenters. The van der Waals surface area contributed by atoms with E-state index < -0.39 is 6.10 Å². The maximum absolute atomic E-state index is 12.0. The second kappa shape index (κ2) is 7.44. The smallest absolute Gasteiger partial charge is 0.239 e. The third-order valence-electron chi connectivity index (χ3n) is 4.58. The Hall–Kier alpha value is -1.10. The standard InChI is InChI=1S/C17H25ClN2O2/c1-12(17(22)19(2)3)20-10-8-14(9-11-20)16(21)13-4-6-15(18)7-5-13/h4-7,12,14,16,21H,8-11H2,1-3H3. The fourth-order valence-electron chi connectivity index (χ4n) is 3.08. The summed E-state index contributed by atoms with van der Waals surface area (Å²) < 4.78 is 0. The zero-order valence-corrected chi connectivity index (χ0v) is 14.3. The van der Waals surface area contributed by atoms with E-state index in [0.717, 1.165) is 31.5 Å². The molecular weight excluding hydrogens is 300 g/mol. The second-order valence-electron chi connectivity index (χ2n) is 6.28. The normalized spacial score (nSPS) is 19.7. The van der Waals surface area contributed by atoms with Crippen LogP contribution in [0.1, 0.15) is 31.4 Å². The van der Waals surface area contributed by atoms with Gasteiger partial charge in [0.15, 0.2) is 0 Å². The molecule has 0 spiro atoms. The lowest BCUT2D eigenvalue weighted by atomic mass is 9.87. The Bertz CT molecular complexity index is 496. The summed E-state index contributed by atoms with van der Waals surface area (Å²) in [6.07, 6.45) is 1.34. The van der Waals surface area contributed by atoms with Crippen LogP contribution in [0.25, 0.3) is 0 Å². The van der Waals surface area contributed by atoms with Crippen LogP contribution in [0.3, 0.4) is 0 Å². The molecule has 1 amide bonds. The van der Waals surface area contributed by atoms with E-state index in [-0.39, 0.29) is 17.9 Å². The van der Waals surface area contributed by atoms with E-state index in [0.29, 0.717) is 5.02 Å². The highest BCUT2D eigenvalue weighted by Gasteiger charge is 2.30. The molecule has 0 bridgehead atoms. The Morgan fingerprint density at radius 1 is 1.27 bits per heavy atom. The van der Waals surface area contributed by atoms with Crippen LogP contribution < -0.4 is 0 Å². The van der Waals surface area contributed by atoms with Crippen molar-refractivity contribution < 1.29 is 9.90 Å². The highest BCUT2D eigenvalue weighted by molar-refractivity contribution is 6.30. The third-order valence-corrected chi connectivity index (χ3v) is 4.83. The molecule has 1 aliphatic heterocycles. The molecule has 1 aliphatic rings. The number of likely N-dealkylation sites (tertiary alicyclic amines) is 1. The number of hydrogen-bond acceptors (Lipinski definition) is 3. The molecule has 4 nitrogen and oxygen atoms in total. The molecule has 0 radical (unpaired) electrons. The summed E-state index contributed by atoms with van der Waals surface area (Å²) in [5.74, 6) is 0.371.